The Morgan fingerprint density at radius 1 is 1.20 bits per heavy atom. The fourth-order valence-corrected chi connectivity index (χ4v) is 3.84. The van der Waals surface area contributed by atoms with Crippen molar-refractivity contribution >= 4 is 35.8 Å². The van der Waals surface area contributed by atoms with Crippen LogP contribution in [-0.2, 0) is 9.53 Å². The first-order chi connectivity index (χ1) is 11.7. The van der Waals surface area contributed by atoms with Crippen LogP contribution in [0.4, 0.5) is 0 Å². The van der Waals surface area contributed by atoms with Crippen LogP contribution in [0.25, 0.3) is 0 Å². The molecule has 1 N–H and O–H groups in total. The van der Waals surface area contributed by atoms with Gasteiger partial charge in [-0.25, -0.2) is 0 Å². The molecule has 3 heterocycles. The summed E-state index contributed by atoms with van der Waals surface area (Å²) in [4.78, 5) is 23.0. The van der Waals surface area contributed by atoms with Gasteiger partial charge in [-0.15, -0.1) is 24.0 Å². The third kappa shape index (κ3) is 5.43. The summed E-state index contributed by atoms with van der Waals surface area (Å²) in [6.45, 7) is 11.6. The summed E-state index contributed by atoms with van der Waals surface area (Å²) in [5, 5.41) is 3.39. The summed E-state index contributed by atoms with van der Waals surface area (Å²) in [6, 6.07) is 0.637. The Bertz CT molecular complexity index is 468. The van der Waals surface area contributed by atoms with Crippen molar-refractivity contribution in [3.63, 3.8) is 0 Å². The minimum Gasteiger partial charge on any atom is -0.373 e. The highest BCUT2D eigenvalue weighted by Gasteiger charge is 2.32. The van der Waals surface area contributed by atoms with Crippen molar-refractivity contribution < 1.29 is 9.53 Å². The van der Waals surface area contributed by atoms with E-state index in [1.807, 2.05) is 4.90 Å². The topological polar surface area (TPSA) is 60.4 Å². The number of fused-ring (bicyclic) bond motifs is 1. The van der Waals surface area contributed by atoms with Gasteiger partial charge in [-0.1, -0.05) is 0 Å². The van der Waals surface area contributed by atoms with E-state index < -0.39 is 0 Å². The Hall–Kier alpha value is -0.610. The lowest BCUT2D eigenvalue weighted by Gasteiger charge is -2.37. The maximum absolute atomic E-state index is 11.5. The van der Waals surface area contributed by atoms with Crippen molar-refractivity contribution in [2.24, 2.45) is 4.99 Å². The lowest BCUT2D eigenvalue weighted by Crippen LogP contribution is -2.53. The first kappa shape index (κ1) is 20.7. The van der Waals surface area contributed by atoms with Crippen molar-refractivity contribution in [1.82, 2.24) is 20.0 Å². The van der Waals surface area contributed by atoms with E-state index in [0.29, 0.717) is 12.6 Å². The molecule has 0 aromatic rings. The third-order valence-electron chi connectivity index (χ3n) is 5.27. The predicted molar refractivity (Wildman–Crippen MR) is 110 cm³/mol. The standard InChI is InChI=1S/C17H31N5O2.HI/c1-3-18-17(21-9-7-20(8-10-21)14(2)23)19-11-16-12-22-6-4-5-15(22)13-24-16;/h15-16H,3-13H2,1-2H3,(H,18,19);1H. The van der Waals surface area contributed by atoms with E-state index in [2.05, 4.69) is 22.0 Å². The molecular formula is C17H32IN5O2. The minimum absolute atomic E-state index is 0. The Labute approximate surface area is 168 Å². The van der Waals surface area contributed by atoms with E-state index in [0.717, 1.165) is 51.8 Å². The first-order valence-electron chi connectivity index (χ1n) is 9.31. The average molecular weight is 465 g/mol. The molecule has 7 nitrogen and oxygen atoms in total. The van der Waals surface area contributed by atoms with Gasteiger partial charge in [0.25, 0.3) is 0 Å². The zero-order valence-corrected chi connectivity index (χ0v) is 17.8. The number of ether oxygens (including phenoxy) is 1. The Morgan fingerprint density at radius 3 is 2.60 bits per heavy atom. The number of guanidine groups is 1. The number of aliphatic imine (C=N–C) groups is 1. The molecule has 1 amide bonds. The molecule has 3 fully saturated rings. The third-order valence-corrected chi connectivity index (χ3v) is 5.27. The second kappa shape index (κ2) is 9.91. The molecule has 8 heteroatoms. The number of nitrogens with one attached hydrogen (secondary N) is 1. The second-order valence-electron chi connectivity index (χ2n) is 6.93. The van der Waals surface area contributed by atoms with Crippen molar-refractivity contribution in [3.8, 4) is 0 Å². The number of nitrogens with zero attached hydrogens (tertiary/aromatic N) is 4. The molecule has 0 aromatic carbocycles. The van der Waals surface area contributed by atoms with Gasteiger partial charge in [0.1, 0.15) is 0 Å². The molecule has 0 aromatic heterocycles. The zero-order chi connectivity index (χ0) is 16.9. The normalized spacial score (nSPS) is 27.7. The molecule has 2 atom stereocenters. The van der Waals surface area contributed by atoms with Crippen LogP contribution in [0.3, 0.4) is 0 Å². The molecule has 3 saturated heterocycles. The molecule has 0 saturated carbocycles. The number of rotatable bonds is 3. The Kier molecular flexibility index (Phi) is 8.21. The van der Waals surface area contributed by atoms with Gasteiger partial charge < -0.3 is 19.9 Å². The van der Waals surface area contributed by atoms with Crippen LogP contribution in [0, 0.1) is 0 Å². The smallest absolute Gasteiger partial charge is 0.219 e. The van der Waals surface area contributed by atoms with E-state index in [1.165, 1.54) is 19.4 Å². The lowest BCUT2D eigenvalue weighted by atomic mass is 10.2. The number of amides is 1. The SMILES string of the molecule is CCNC(=NCC1CN2CCCC2CO1)N1CCN(C(C)=O)CC1.I. The van der Waals surface area contributed by atoms with Gasteiger partial charge in [-0.05, 0) is 26.3 Å². The monoisotopic (exact) mass is 465 g/mol. The van der Waals surface area contributed by atoms with Crippen LogP contribution in [0.15, 0.2) is 4.99 Å². The maximum Gasteiger partial charge on any atom is 0.219 e. The number of morpholine rings is 1. The number of carbonyl (C=O) groups excluding carboxylic acids is 1. The average Bonchev–Trinajstić information content (AvgIpc) is 3.06. The highest BCUT2D eigenvalue weighted by Crippen LogP contribution is 2.22. The number of hydrogen-bond donors (Lipinski definition) is 1. The van der Waals surface area contributed by atoms with Crippen LogP contribution in [0.1, 0.15) is 26.7 Å². The van der Waals surface area contributed by atoms with Crippen LogP contribution in [0.2, 0.25) is 0 Å². The highest BCUT2D eigenvalue weighted by atomic mass is 127. The van der Waals surface area contributed by atoms with Crippen molar-refractivity contribution in [1.29, 1.82) is 0 Å². The molecule has 3 rings (SSSR count). The predicted octanol–water partition coefficient (Wildman–Crippen LogP) is 0.597. The summed E-state index contributed by atoms with van der Waals surface area (Å²) in [6.07, 6.45) is 2.78. The largest absolute Gasteiger partial charge is 0.373 e. The van der Waals surface area contributed by atoms with Crippen molar-refractivity contribution in [2.45, 2.75) is 38.8 Å². The van der Waals surface area contributed by atoms with E-state index in [-0.39, 0.29) is 36.0 Å². The molecule has 3 aliphatic rings. The number of carbonyl (C=O) groups is 1. The van der Waals surface area contributed by atoms with Gasteiger partial charge in [0, 0.05) is 52.2 Å². The Balaban J connectivity index is 0.00000225. The molecule has 0 radical (unpaired) electrons. The van der Waals surface area contributed by atoms with E-state index in [9.17, 15) is 4.79 Å². The van der Waals surface area contributed by atoms with Crippen LogP contribution < -0.4 is 5.32 Å². The lowest BCUT2D eigenvalue weighted by molar-refractivity contribution is -0.130. The van der Waals surface area contributed by atoms with E-state index >= 15 is 0 Å². The van der Waals surface area contributed by atoms with Crippen LogP contribution in [-0.4, -0.2) is 97.7 Å². The van der Waals surface area contributed by atoms with Crippen molar-refractivity contribution in [3.05, 3.63) is 0 Å². The number of halogens is 1. The summed E-state index contributed by atoms with van der Waals surface area (Å²) < 4.78 is 6.01. The molecule has 2 unspecified atom stereocenters. The first-order valence-corrected chi connectivity index (χ1v) is 9.31. The molecule has 144 valence electrons. The number of hydrogen-bond acceptors (Lipinski definition) is 4. The quantitative estimate of drug-likeness (QED) is 0.376. The fraction of sp³-hybridized carbons (Fsp3) is 0.882. The Morgan fingerprint density at radius 2 is 1.92 bits per heavy atom. The van der Waals surface area contributed by atoms with Gasteiger partial charge in [0.2, 0.25) is 5.91 Å². The highest BCUT2D eigenvalue weighted by molar-refractivity contribution is 14.0. The van der Waals surface area contributed by atoms with Gasteiger partial charge in [0.15, 0.2) is 5.96 Å². The van der Waals surface area contributed by atoms with Gasteiger partial charge >= 0.3 is 0 Å². The number of piperazine rings is 1. The maximum atomic E-state index is 11.5. The van der Waals surface area contributed by atoms with Crippen LogP contribution >= 0.6 is 24.0 Å². The second-order valence-corrected chi connectivity index (χ2v) is 6.93. The van der Waals surface area contributed by atoms with Gasteiger partial charge in [-0.2, -0.15) is 0 Å². The molecule has 0 aliphatic carbocycles. The summed E-state index contributed by atoms with van der Waals surface area (Å²) >= 11 is 0. The molecule has 3 aliphatic heterocycles. The van der Waals surface area contributed by atoms with Gasteiger partial charge in [0.05, 0.1) is 19.3 Å². The molecule has 0 bridgehead atoms. The molecular weight excluding hydrogens is 433 g/mol. The van der Waals surface area contributed by atoms with E-state index in [4.69, 9.17) is 9.73 Å². The van der Waals surface area contributed by atoms with Gasteiger partial charge in [-0.3, -0.25) is 14.7 Å². The summed E-state index contributed by atoms with van der Waals surface area (Å²) in [7, 11) is 0. The zero-order valence-electron chi connectivity index (χ0n) is 15.4. The summed E-state index contributed by atoms with van der Waals surface area (Å²) in [5.74, 6) is 1.11. The van der Waals surface area contributed by atoms with E-state index in [1.54, 1.807) is 6.92 Å². The summed E-state index contributed by atoms with van der Waals surface area (Å²) in [5.41, 5.74) is 0. The fourth-order valence-electron chi connectivity index (χ4n) is 3.84. The molecule has 0 spiro atoms. The minimum atomic E-state index is 0. The molecule has 25 heavy (non-hydrogen) atoms. The van der Waals surface area contributed by atoms with Crippen LogP contribution in [0.5, 0.6) is 0 Å². The van der Waals surface area contributed by atoms with Crippen molar-refractivity contribution in [2.75, 3.05) is 59.0 Å².